The maximum absolute atomic E-state index is 5.79. The van der Waals surface area contributed by atoms with Gasteiger partial charge in [0.05, 0.1) is 13.2 Å². The second-order valence-corrected chi connectivity index (χ2v) is 4.55. The molecular formula is C14H23ClN2O2. The lowest BCUT2D eigenvalue weighted by atomic mass is 10.2. The zero-order chi connectivity index (χ0) is 13.9. The summed E-state index contributed by atoms with van der Waals surface area (Å²) in [6, 6.07) is 3.82. The molecule has 1 aromatic heterocycles. The molecule has 5 heteroatoms. The van der Waals surface area contributed by atoms with E-state index in [2.05, 4.69) is 9.88 Å². The molecule has 0 fully saturated rings. The molecule has 0 aliphatic heterocycles. The van der Waals surface area contributed by atoms with Crippen molar-refractivity contribution >= 4 is 11.6 Å². The highest BCUT2D eigenvalue weighted by molar-refractivity contribution is 6.29. The van der Waals surface area contributed by atoms with Crippen LogP contribution in [-0.2, 0) is 16.0 Å². The van der Waals surface area contributed by atoms with E-state index in [1.807, 2.05) is 32.2 Å². The van der Waals surface area contributed by atoms with Gasteiger partial charge in [-0.3, -0.25) is 4.90 Å². The molecular weight excluding hydrogens is 264 g/mol. The van der Waals surface area contributed by atoms with E-state index in [9.17, 15) is 0 Å². The van der Waals surface area contributed by atoms with E-state index in [0.717, 1.165) is 51.6 Å². The largest absolute Gasteiger partial charge is 0.380 e. The summed E-state index contributed by atoms with van der Waals surface area (Å²) in [6.07, 6.45) is 1.82. The lowest BCUT2D eigenvalue weighted by Crippen LogP contribution is -2.30. The van der Waals surface area contributed by atoms with Gasteiger partial charge < -0.3 is 9.47 Å². The number of rotatable bonds is 10. The fraction of sp³-hybridized carbons (Fsp3) is 0.643. The standard InChI is InChI=1S/C14H23ClN2O2/c1-3-18-9-7-17(8-10-19-4-2)12-13-5-6-14(15)16-11-13/h5-6,11H,3-4,7-10,12H2,1-2H3. The maximum atomic E-state index is 5.79. The summed E-state index contributed by atoms with van der Waals surface area (Å²) in [7, 11) is 0. The first kappa shape index (κ1) is 16.4. The molecule has 0 aromatic carbocycles. The summed E-state index contributed by atoms with van der Waals surface area (Å²) in [4.78, 5) is 6.40. The number of aromatic nitrogens is 1. The van der Waals surface area contributed by atoms with Gasteiger partial charge in [0.1, 0.15) is 5.15 Å². The SMILES string of the molecule is CCOCCN(CCOCC)Cc1ccc(Cl)nc1. The molecule has 0 aliphatic rings. The normalized spacial score (nSPS) is 11.2. The van der Waals surface area contributed by atoms with E-state index in [1.54, 1.807) is 0 Å². The highest BCUT2D eigenvalue weighted by Gasteiger charge is 2.06. The topological polar surface area (TPSA) is 34.6 Å². The second-order valence-electron chi connectivity index (χ2n) is 4.16. The van der Waals surface area contributed by atoms with Gasteiger partial charge in [0, 0.05) is 39.0 Å². The minimum atomic E-state index is 0.527. The van der Waals surface area contributed by atoms with Crippen molar-refractivity contribution in [1.82, 2.24) is 9.88 Å². The zero-order valence-electron chi connectivity index (χ0n) is 11.8. The van der Waals surface area contributed by atoms with Crippen LogP contribution in [0.2, 0.25) is 5.15 Å². The quantitative estimate of drug-likeness (QED) is 0.489. The number of halogens is 1. The van der Waals surface area contributed by atoms with Gasteiger partial charge >= 0.3 is 0 Å². The van der Waals surface area contributed by atoms with E-state index in [0.29, 0.717) is 5.15 Å². The third-order valence-electron chi connectivity index (χ3n) is 2.71. The van der Waals surface area contributed by atoms with Crippen LogP contribution in [0.4, 0.5) is 0 Å². The van der Waals surface area contributed by atoms with Crippen molar-refractivity contribution in [2.24, 2.45) is 0 Å². The molecule has 0 spiro atoms. The van der Waals surface area contributed by atoms with Crippen molar-refractivity contribution < 1.29 is 9.47 Å². The molecule has 1 heterocycles. The number of hydrogen-bond donors (Lipinski definition) is 0. The van der Waals surface area contributed by atoms with Crippen LogP contribution in [0.25, 0.3) is 0 Å². The summed E-state index contributed by atoms with van der Waals surface area (Å²) in [5.41, 5.74) is 1.15. The molecule has 0 amide bonds. The van der Waals surface area contributed by atoms with Crippen molar-refractivity contribution in [3.8, 4) is 0 Å². The van der Waals surface area contributed by atoms with Gasteiger partial charge in [-0.25, -0.2) is 4.98 Å². The third-order valence-corrected chi connectivity index (χ3v) is 2.93. The molecule has 0 aliphatic carbocycles. The summed E-state index contributed by atoms with van der Waals surface area (Å²) in [5.74, 6) is 0. The van der Waals surface area contributed by atoms with E-state index >= 15 is 0 Å². The van der Waals surface area contributed by atoms with Crippen molar-refractivity contribution in [2.75, 3.05) is 39.5 Å². The predicted octanol–water partition coefficient (Wildman–Crippen LogP) is 2.61. The Labute approximate surface area is 120 Å². The van der Waals surface area contributed by atoms with Gasteiger partial charge in [-0.05, 0) is 25.5 Å². The molecule has 0 N–H and O–H groups in total. The van der Waals surface area contributed by atoms with Crippen LogP contribution in [0.1, 0.15) is 19.4 Å². The number of pyridine rings is 1. The maximum Gasteiger partial charge on any atom is 0.129 e. The molecule has 0 unspecified atom stereocenters. The van der Waals surface area contributed by atoms with Crippen LogP contribution in [0.3, 0.4) is 0 Å². The van der Waals surface area contributed by atoms with Gasteiger partial charge in [-0.15, -0.1) is 0 Å². The average Bonchev–Trinajstić information content (AvgIpc) is 2.41. The Morgan fingerprint density at radius 1 is 1.11 bits per heavy atom. The van der Waals surface area contributed by atoms with E-state index in [4.69, 9.17) is 21.1 Å². The van der Waals surface area contributed by atoms with Gasteiger partial charge in [0.2, 0.25) is 0 Å². The molecule has 0 bridgehead atoms. The summed E-state index contributed by atoms with van der Waals surface area (Å²) in [5, 5.41) is 0.527. The van der Waals surface area contributed by atoms with Gasteiger partial charge in [-0.2, -0.15) is 0 Å². The first-order chi connectivity index (χ1) is 9.26. The molecule has 1 rings (SSSR count). The van der Waals surface area contributed by atoms with Crippen LogP contribution in [0, 0.1) is 0 Å². The molecule has 4 nitrogen and oxygen atoms in total. The summed E-state index contributed by atoms with van der Waals surface area (Å²) in [6.45, 7) is 9.62. The fourth-order valence-electron chi connectivity index (χ4n) is 1.70. The summed E-state index contributed by atoms with van der Waals surface area (Å²) >= 11 is 5.79. The lowest BCUT2D eigenvalue weighted by Gasteiger charge is -2.22. The van der Waals surface area contributed by atoms with Crippen molar-refractivity contribution in [3.63, 3.8) is 0 Å². The predicted molar refractivity (Wildman–Crippen MR) is 77.5 cm³/mol. The van der Waals surface area contributed by atoms with E-state index in [1.165, 1.54) is 0 Å². The molecule has 0 atom stereocenters. The first-order valence-corrected chi connectivity index (χ1v) is 7.12. The number of hydrogen-bond acceptors (Lipinski definition) is 4. The van der Waals surface area contributed by atoms with Crippen LogP contribution in [0.15, 0.2) is 18.3 Å². The number of ether oxygens (including phenoxy) is 2. The van der Waals surface area contributed by atoms with E-state index in [-0.39, 0.29) is 0 Å². The first-order valence-electron chi connectivity index (χ1n) is 6.74. The Morgan fingerprint density at radius 2 is 1.74 bits per heavy atom. The Kier molecular flexibility index (Phi) is 8.75. The average molecular weight is 287 g/mol. The van der Waals surface area contributed by atoms with E-state index < -0.39 is 0 Å². The Morgan fingerprint density at radius 3 is 2.21 bits per heavy atom. The molecule has 19 heavy (non-hydrogen) atoms. The second kappa shape index (κ2) is 10.1. The van der Waals surface area contributed by atoms with Gasteiger partial charge in [-0.1, -0.05) is 17.7 Å². The van der Waals surface area contributed by atoms with Crippen LogP contribution in [0.5, 0.6) is 0 Å². The Hall–Kier alpha value is -0.680. The van der Waals surface area contributed by atoms with Gasteiger partial charge in [0.15, 0.2) is 0 Å². The highest BCUT2D eigenvalue weighted by atomic mass is 35.5. The zero-order valence-corrected chi connectivity index (χ0v) is 12.5. The van der Waals surface area contributed by atoms with Crippen LogP contribution >= 0.6 is 11.6 Å². The van der Waals surface area contributed by atoms with Crippen LogP contribution < -0.4 is 0 Å². The smallest absolute Gasteiger partial charge is 0.129 e. The van der Waals surface area contributed by atoms with Crippen molar-refractivity contribution in [3.05, 3.63) is 29.0 Å². The molecule has 108 valence electrons. The molecule has 0 saturated carbocycles. The minimum Gasteiger partial charge on any atom is -0.380 e. The minimum absolute atomic E-state index is 0.527. The highest BCUT2D eigenvalue weighted by Crippen LogP contribution is 2.08. The fourth-order valence-corrected chi connectivity index (χ4v) is 1.82. The number of nitrogens with zero attached hydrogens (tertiary/aromatic N) is 2. The molecule has 1 aromatic rings. The summed E-state index contributed by atoms with van der Waals surface area (Å²) < 4.78 is 10.8. The van der Waals surface area contributed by atoms with Gasteiger partial charge in [0.25, 0.3) is 0 Å². The van der Waals surface area contributed by atoms with Crippen molar-refractivity contribution in [2.45, 2.75) is 20.4 Å². The Balaban J connectivity index is 2.44. The lowest BCUT2D eigenvalue weighted by molar-refractivity contribution is 0.0797. The molecule has 0 radical (unpaired) electrons. The monoisotopic (exact) mass is 286 g/mol. The molecule has 0 saturated heterocycles. The van der Waals surface area contributed by atoms with Crippen molar-refractivity contribution in [1.29, 1.82) is 0 Å². The van der Waals surface area contributed by atoms with Crippen LogP contribution in [-0.4, -0.2) is 49.4 Å². The Bertz CT molecular complexity index is 323. The third kappa shape index (κ3) is 7.47.